The minimum Gasteiger partial charge on any atom is -0.329 e. The molecule has 5 nitrogen and oxygen atoms in total. The topological polar surface area (TPSA) is 61.4 Å². The van der Waals surface area contributed by atoms with Crippen LogP contribution >= 0.6 is 0 Å². The number of rotatable bonds is 3. The number of hydrogen-bond acceptors (Lipinski definition) is 3. The van der Waals surface area contributed by atoms with E-state index in [1.54, 1.807) is 5.32 Å². The average Bonchev–Trinajstić information content (AvgIpc) is 2.29. The molecule has 0 aromatic rings. The molecule has 0 radical (unpaired) electrons. The van der Waals surface area contributed by atoms with Gasteiger partial charge < -0.3 is 5.32 Å². The van der Waals surface area contributed by atoms with Crippen molar-refractivity contribution in [3.63, 3.8) is 0 Å². The Morgan fingerprint density at radius 1 is 1.32 bits per heavy atom. The van der Waals surface area contributed by atoms with Gasteiger partial charge in [-0.3, -0.25) is 15.0 Å². The second kappa shape index (κ2) is 6.74. The van der Waals surface area contributed by atoms with Crippen LogP contribution in [0.1, 0.15) is 26.2 Å². The Morgan fingerprint density at radius 2 is 2.00 bits per heavy atom. The largest absolute Gasteiger partial charge is 0.405 e. The van der Waals surface area contributed by atoms with E-state index in [1.807, 2.05) is 17.1 Å². The molecule has 0 aromatic carbocycles. The van der Waals surface area contributed by atoms with Gasteiger partial charge in [-0.1, -0.05) is 6.42 Å². The first-order chi connectivity index (χ1) is 8.78. The third-order valence-corrected chi connectivity index (χ3v) is 2.99. The van der Waals surface area contributed by atoms with Crippen molar-refractivity contribution in [2.75, 3.05) is 19.6 Å². The van der Waals surface area contributed by atoms with Crippen LogP contribution < -0.4 is 10.6 Å². The minimum atomic E-state index is -4.48. The number of nitrogens with zero attached hydrogens (tertiary/aromatic N) is 1. The zero-order chi connectivity index (χ0) is 14.5. The molecule has 1 saturated heterocycles. The number of alkyl halides is 3. The van der Waals surface area contributed by atoms with Gasteiger partial charge in [0.2, 0.25) is 5.91 Å². The van der Waals surface area contributed by atoms with E-state index in [-0.39, 0.29) is 12.6 Å². The highest BCUT2D eigenvalue weighted by atomic mass is 19.4. The van der Waals surface area contributed by atoms with Crippen molar-refractivity contribution in [1.29, 1.82) is 0 Å². The number of nitrogens with one attached hydrogen (secondary N) is 2. The third-order valence-electron chi connectivity index (χ3n) is 2.99. The van der Waals surface area contributed by atoms with Crippen molar-refractivity contribution >= 4 is 11.9 Å². The molecule has 0 aromatic heterocycles. The van der Waals surface area contributed by atoms with Crippen molar-refractivity contribution in [1.82, 2.24) is 15.5 Å². The van der Waals surface area contributed by atoms with Gasteiger partial charge in [-0.2, -0.15) is 13.2 Å². The lowest BCUT2D eigenvalue weighted by atomic mass is 10.0. The molecule has 1 heterocycles. The summed E-state index contributed by atoms with van der Waals surface area (Å²) < 4.78 is 35.5. The number of carbonyl (C=O) groups is 2. The summed E-state index contributed by atoms with van der Waals surface area (Å²) in [5.41, 5.74) is 0. The van der Waals surface area contributed by atoms with E-state index in [0.717, 1.165) is 25.8 Å². The van der Waals surface area contributed by atoms with E-state index >= 15 is 0 Å². The van der Waals surface area contributed by atoms with Crippen LogP contribution in [-0.4, -0.2) is 48.7 Å². The number of piperidine rings is 1. The van der Waals surface area contributed by atoms with Gasteiger partial charge in [-0.05, 0) is 26.3 Å². The van der Waals surface area contributed by atoms with Gasteiger partial charge >= 0.3 is 12.2 Å². The van der Waals surface area contributed by atoms with Crippen molar-refractivity contribution in [3.8, 4) is 0 Å². The quantitative estimate of drug-likeness (QED) is 0.818. The smallest absolute Gasteiger partial charge is 0.329 e. The SMILES string of the molecule is C[C@H]1CCCCN1CC(=O)NC(=O)NCC(F)(F)F. The van der Waals surface area contributed by atoms with Crippen LogP contribution in [0, 0.1) is 0 Å². The van der Waals surface area contributed by atoms with Gasteiger partial charge in [0.05, 0.1) is 6.54 Å². The lowest BCUT2D eigenvalue weighted by Crippen LogP contribution is -2.49. The van der Waals surface area contributed by atoms with Crippen LogP contribution in [0.25, 0.3) is 0 Å². The second-order valence-corrected chi connectivity index (χ2v) is 4.66. The molecule has 0 aliphatic carbocycles. The second-order valence-electron chi connectivity index (χ2n) is 4.66. The Bertz CT molecular complexity index is 334. The zero-order valence-corrected chi connectivity index (χ0v) is 10.7. The first-order valence-electron chi connectivity index (χ1n) is 6.16. The lowest BCUT2D eigenvalue weighted by Gasteiger charge is -2.32. The molecule has 2 N–H and O–H groups in total. The van der Waals surface area contributed by atoms with E-state index in [1.165, 1.54) is 0 Å². The molecule has 110 valence electrons. The molecule has 0 saturated carbocycles. The number of likely N-dealkylation sites (tertiary alicyclic amines) is 1. The van der Waals surface area contributed by atoms with Gasteiger partial charge in [0.1, 0.15) is 6.54 Å². The number of imide groups is 1. The standard InChI is InChI=1S/C11H18F3N3O2/c1-8-4-2-3-5-17(8)6-9(18)16-10(19)15-7-11(12,13)14/h8H,2-7H2,1H3,(H2,15,16,18,19)/t8-/m0/s1. The summed E-state index contributed by atoms with van der Waals surface area (Å²) in [7, 11) is 0. The fourth-order valence-corrected chi connectivity index (χ4v) is 1.97. The normalized spacial score (nSPS) is 20.9. The number of carbonyl (C=O) groups excluding carboxylic acids is 2. The lowest BCUT2D eigenvalue weighted by molar-refractivity contribution is -0.125. The summed E-state index contributed by atoms with van der Waals surface area (Å²) in [6.45, 7) is 1.32. The first-order valence-corrected chi connectivity index (χ1v) is 6.16. The molecular formula is C11H18F3N3O2. The van der Waals surface area contributed by atoms with Gasteiger partial charge in [0.15, 0.2) is 0 Å². The van der Waals surface area contributed by atoms with Crippen LogP contribution in [0.2, 0.25) is 0 Å². The van der Waals surface area contributed by atoms with Crippen molar-refractivity contribution in [3.05, 3.63) is 0 Å². The molecule has 1 aliphatic heterocycles. The predicted molar refractivity (Wildman–Crippen MR) is 62.5 cm³/mol. The highest BCUT2D eigenvalue weighted by Gasteiger charge is 2.28. The Hall–Kier alpha value is -1.31. The zero-order valence-electron chi connectivity index (χ0n) is 10.7. The summed E-state index contributed by atoms with van der Waals surface area (Å²) in [5.74, 6) is -0.589. The van der Waals surface area contributed by atoms with Crippen molar-refractivity contribution < 1.29 is 22.8 Å². The number of hydrogen-bond donors (Lipinski definition) is 2. The molecule has 1 aliphatic rings. The Labute approximate surface area is 109 Å². The third kappa shape index (κ3) is 6.42. The van der Waals surface area contributed by atoms with Crippen LogP contribution in [0.15, 0.2) is 0 Å². The van der Waals surface area contributed by atoms with Gasteiger partial charge in [-0.15, -0.1) is 0 Å². The summed E-state index contributed by atoms with van der Waals surface area (Å²) in [6.07, 6.45) is -1.42. The Morgan fingerprint density at radius 3 is 2.58 bits per heavy atom. The molecular weight excluding hydrogens is 263 g/mol. The summed E-state index contributed by atoms with van der Waals surface area (Å²) in [4.78, 5) is 24.5. The molecule has 19 heavy (non-hydrogen) atoms. The average molecular weight is 281 g/mol. The van der Waals surface area contributed by atoms with E-state index in [2.05, 4.69) is 0 Å². The Kier molecular flexibility index (Phi) is 5.59. The predicted octanol–water partition coefficient (Wildman–Crippen LogP) is 1.25. The molecule has 8 heteroatoms. The maximum atomic E-state index is 11.8. The maximum absolute atomic E-state index is 11.8. The minimum absolute atomic E-state index is 0.0284. The fraction of sp³-hybridized carbons (Fsp3) is 0.818. The van der Waals surface area contributed by atoms with Crippen LogP contribution in [-0.2, 0) is 4.79 Å². The molecule has 0 spiro atoms. The van der Waals surface area contributed by atoms with Crippen LogP contribution in [0.5, 0.6) is 0 Å². The molecule has 1 atom stereocenters. The van der Waals surface area contributed by atoms with Gasteiger partial charge in [0, 0.05) is 6.04 Å². The molecule has 0 unspecified atom stereocenters. The van der Waals surface area contributed by atoms with E-state index in [9.17, 15) is 22.8 Å². The number of urea groups is 1. The van der Waals surface area contributed by atoms with Crippen molar-refractivity contribution in [2.45, 2.75) is 38.4 Å². The number of halogens is 3. The molecule has 1 rings (SSSR count). The fourth-order valence-electron chi connectivity index (χ4n) is 1.97. The van der Waals surface area contributed by atoms with Crippen molar-refractivity contribution in [2.24, 2.45) is 0 Å². The van der Waals surface area contributed by atoms with E-state index in [0.29, 0.717) is 0 Å². The van der Waals surface area contributed by atoms with Gasteiger partial charge in [-0.25, -0.2) is 4.79 Å². The highest BCUT2D eigenvalue weighted by molar-refractivity contribution is 5.95. The first kappa shape index (κ1) is 15.7. The Balaban J connectivity index is 2.28. The monoisotopic (exact) mass is 281 g/mol. The summed E-state index contributed by atoms with van der Waals surface area (Å²) in [6, 6.07) is -0.871. The molecule has 3 amide bonds. The maximum Gasteiger partial charge on any atom is 0.405 e. The van der Waals surface area contributed by atoms with Gasteiger partial charge in [0.25, 0.3) is 0 Å². The summed E-state index contributed by atoms with van der Waals surface area (Å²) in [5, 5.41) is 3.48. The molecule has 0 bridgehead atoms. The van der Waals surface area contributed by atoms with Crippen LogP contribution in [0.4, 0.5) is 18.0 Å². The number of amides is 3. The van der Waals surface area contributed by atoms with Crippen LogP contribution in [0.3, 0.4) is 0 Å². The highest BCUT2D eigenvalue weighted by Crippen LogP contribution is 2.15. The molecule has 1 fully saturated rings. The van der Waals surface area contributed by atoms with E-state index < -0.39 is 24.7 Å². The summed E-state index contributed by atoms with van der Waals surface area (Å²) >= 11 is 0. The van der Waals surface area contributed by atoms with E-state index in [4.69, 9.17) is 0 Å².